The Balaban J connectivity index is 0.970. The van der Waals surface area contributed by atoms with Crippen molar-refractivity contribution in [2.45, 2.75) is 50.4 Å². The number of nitrogens with zero attached hydrogens (tertiary/aromatic N) is 2. The molecule has 0 radical (unpaired) electrons. The van der Waals surface area contributed by atoms with Crippen LogP contribution in [0.4, 0.5) is 17.1 Å². The Bertz CT molecular complexity index is 3200. The molecular weight excluding hydrogens is 817 g/mol. The van der Waals surface area contributed by atoms with Crippen LogP contribution in [-0.2, 0) is 11.8 Å². The Morgan fingerprint density at radius 1 is 0.515 bits per heavy atom. The minimum absolute atomic E-state index is 0.200. The van der Waals surface area contributed by atoms with E-state index in [4.69, 9.17) is 12.6 Å². The van der Waals surface area contributed by atoms with E-state index in [1.54, 1.807) is 0 Å². The molecule has 1 aromatic heterocycles. The minimum atomic E-state index is 0.200. The molecular formula is C63H54N2S. The third kappa shape index (κ3) is 7.31. The summed E-state index contributed by atoms with van der Waals surface area (Å²) in [7, 11) is 0. The molecule has 0 N–H and O–H groups in total. The number of aryl methyl sites for hydroxylation is 1. The smallest absolute Gasteiger partial charge is 0.0540 e. The van der Waals surface area contributed by atoms with Crippen molar-refractivity contribution in [3.8, 4) is 50.2 Å². The maximum Gasteiger partial charge on any atom is 0.0540 e. The molecule has 8 aromatic carbocycles. The molecule has 3 aliphatic rings. The molecule has 66 heavy (non-hydrogen) atoms. The van der Waals surface area contributed by atoms with Crippen LogP contribution >= 0.6 is 12.6 Å². The Kier molecular flexibility index (Phi) is 10.6. The van der Waals surface area contributed by atoms with Crippen LogP contribution in [0.5, 0.6) is 0 Å². The van der Waals surface area contributed by atoms with Crippen molar-refractivity contribution < 1.29 is 0 Å². The van der Waals surface area contributed by atoms with Gasteiger partial charge in [-0.2, -0.15) is 12.6 Å². The van der Waals surface area contributed by atoms with Gasteiger partial charge in [-0.15, -0.1) is 0 Å². The van der Waals surface area contributed by atoms with E-state index < -0.39 is 0 Å². The van der Waals surface area contributed by atoms with E-state index in [0.717, 1.165) is 47.5 Å². The number of thiol groups is 1. The van der Waals surface area contributed by atoms with Crippen LogP contribution in [0.15, 0.2) is 206 Å². The summed E-state index contributed by atoms with van der Waals surface area (Å²) in [6.45, 7) is 0. The largest absolute Gasteiger partial charge is 0.310 e. The number of rotatable bonds is 10. The fraction of sp³-hybridized carbons (Fsp3) is 0.175. The first-order chi connectivity index (χ1) is 32.6. The normalized spacial score (nSPS) is 18.6. The molecule has 12 rings (SSSR count). The quantitative estimate of drug-likeness (QED) is 0.135. The summed E-state index contributed by atoms with van der Waals surface area (Å²) in [6, 6.07) is 74.2. The van der Waals surface area contributed by atoms with Gasteiger partial charge in [0.1, 0.15) is 0 Å². The molecule has 0 unspecified atom stereocenters. The van der Waals surface area contributed by atoms with E-state index in [2.05, 4.69) is 222 Å². The molecule has 9 aromatic rings. The Hall–Kier alpha value is -6.81. The van der Waals surface area contributed by atoms with Gasteiger partial charge in [-0.1, -0.05) is 171 Å². The predicted octanol–water partition coefficient (Wildman–Crippen LogP) is 17.1. The number of hydrogen-bond donors (Lipinski definition) is 1. The number of hydrogen-bond acceptors (Lipinski definition) is 2. The SMILES string of the molecule is SCC1(c2ccc(-c3ccc(N(c4cccc(-c5ccccc5-n5c6c(c7ccccc75)CCC=C6)c4)c4ccc(-c5ccccc5)c(-c5ccccc5)c4)cc3)cc2)C[C@@H]2CC[C@H](C2)C1. The van der Waals surface area contributed by atoms with Crippen molar-refractivity contribution in [3.63, 3.8) is 0 Å². The fourth-order valence-electron chi connectivity index (χ4n) is 12.0. The zero-order valence-electron chi connectivity index (χ0n) is 37.4. The van der Waals surface area contributed by atoms with Crippen molar-refractivity contribution in [1.29, 1.82) is 0 Å². The molecule has 2 fully saturated rings. The summed E-state index contributed by atoms with van der Waals surface area (Å²) in [5, 5.41) is 1.34. The number of fused-ring (bicyclic) bond motifs is 5. The summed E-state index contributed by atoms with van der Waals surface area (Å²) in [5.41, 5.74) is 19.8. The lowest BCUT2D eigenvalue weighted by atomic mass is 9.66. The standard InChI is InChI=1S/C63H54N2S/c66-43-63(41-44-26-27-45(38-44)42-63)51-32-28-46(29-33-51)47-30-34-52(35-31-47)64(54-36-37-55(48-14-3-1-4-15-48)59(40-54)49-16-5-2-6-17-49)53-19-13-18-50(39-53)56-20-7-10-23-60(56)65-61-24-11-8-21-57(61)58-22-9-12-25-62(58)65/h1-8,10-21,23-25,28-37,39-40,44-45,66H,9,22,26-27,38,41-43H2/t44-,45-/m1/s1. The van der Waals surface area contributed by atoms with Gasteiger partial charge in [0.15, 0.2) is 0 Å². The zero-order chi connectivity index (χ0) is 44.0. The van der Waals surface area contributed by atoms with Crippen LogP contribution in [0.1, 0.15) is 55.3 Å². The first-order valence-electron chi connectivity index (χ1n) is 24.0. The molecule has 2 nitrogen and oxygen atoms in total. The lowest BCUT2D eigenvalue weighted by molar-refractivity contribution is 0.237. The monoisotopic (exact) mass is 870 g/mol. The molecule has 2 atom stereocenters. The van der Waals surface area contributed by atoms with Gasteiger partial charge >= 0.3 is 0 Å². The Labute approximate surface area is 395 Å². The van der Waals surface area contributed by atoms with Gasteiger partial charge in [0.2, 0.25) is 0 Å². The van der Waals surface area contributed by atoms with Crippen LogP contribution in [-0.4, -0.2) is 10.3 Å². The second kappa shape index (κ2) is 17.2. The first kappa shape index (κ1) is 40.7. The third-order valence-corrected chi connectivity index (χ3v) is 15.7. The molecule has 1 heterocycles. The average molecular weight is 871 g/mol. The maximum atomic E-state index is 4.98. The minimum Gasteiger partial charge on any atom is -0.310 e. The summed E-state index contributed by atoms with van der Waals surface area (Å²) in [6.07, 6.45) is 13.6. The molecule has 2 bridgehead atoms. The molecule has 3 aliphatic carbocycles. The number of anilines is 3. The van der Waals surface area contributed by atoms with Gasteiger partial charge in [0.05, 0.1) is 11.2 Å². The molecule has 0 saturated heterocycles. The van der Waals surface area contributed by atoms with Crippen molar-refractivity contribution in [1.82, 2.24) is 4.57 Å². The van der Waals surface area contributed by atoms with Crippen molar-refractivity contribution in [3.05, 3.63) is 223 Å². The summed E-state index contributed by atoms with van der Waals surface area (Å²) >= 11 is 4.98. The van der Waals surface area contributed by atoms with E-state index in [-0.39, 0.29) is 5.41 Å². The van der Waals surface area contributed by atoms with E-state index in [0.29, 0.717) is 0 Å². The Morgan fingerprint density at radius 2 is 1.14 bits per heavy atom. The number of benzene rings is 8. The fourth-order valence-corrected chi connectivity index (χ4v) is 12.5. The Morgan fingerprint density at radius 3 is 1.88 bits per heavy atom. The maximum absolute atomic E-state index is 4.98. The number of para-hydroxylation sites is 2. The van der Waals surface area contributed by atoms with Crippen molar-refractivity contribution >= 4 is 46.7 Å². The summed E-state index contributed by atoms with van der Waals surface area (Å²) < 4.78 is 2.48. The highest BCUT2D eigenvalue weighted by Crippen LogP contribution is 2.53. The molecule has 0 amide bonds. The highest BCUT2D eigenvalue weighted by Gasteiger charge is 2.44. The van der Waals surface area contributed by atoms with E-state index >= 15 is 0 Å². The van der Waals surface area contributed by atoms with E-state index in [1.807, 2.05) is 0 Å². The number of allylic oxidation sites excluding steroid dienone is 1. The lowest BCUT2D eigenvalue weighted by Gasteiger charge is -2.40. The molecule has 3 heteroatoms. The van der Waals surface area contributed by atoms with Crippen LogP contribution in [0.25, 0.3) is 67.2 Å². The van der Waals surface area contributed by atoms with Crippen molar-refractivity contribution in [2.75, 3.05) is 10.7 Å². The summed E-state index contributed by atoms with van der Waals surface area (Å²) in [5.74, 6) is 2.65. The highest BCUT2D eigenvalue weighted by atomic mass is 32.1. The predicted molar refractivity (Wildman–Crippen MR) is 283 cm³/mol. The molecule has 0 spiro atoms. The van der Waals surface area contributed by atoms with Crippen molar-refractivity contribution in [2.24, 2.45) is 11.8 Å². The van der Waals surface area contributed by atoms with Gasteiger partial charge in [0.25, 0.3) is 0 Å². The second-order valence-corrected chi connectivity index (χ2v) is 19.4. The lowest BCUT2D eigenvalue weighted by Crippen LogP contribution is -2.35. The van der Waals surface area contributed by atoms with Gasteiger partial charge < -0.3 is 9.47 Å². The van der Waals surface area contributed by atoms with Gasteiger partial charge in [-0.25, -0.2) is 0 Å². The van der Waals surface area contributed by atoms with Crippen LogP contribution in [0.2, 0.25) is 0 Å². The van der Waals surface area contributed by atoms with Crippen LogP contribution in [0, 0.1) is 11.8 Å². The van der Waals surface area contributed by atoms with Gasteiger partial charge in [-0.3, -0.25) is 0 Å². The summed E-state index contributed by atoms with van der Waals surface area (Å²) in [4.78, 5) is 2.43. The van der Waals surface area contributed by atoms with Gasteiger partial charge in [0, 0.05) is 39.1 Å². The molecule has 322 valence electrons. The molecule has 0 aliphatic heterocycles. The van der Waals surface area contributed by atoms with E-state index in [1.165, 1.54) is 110 Å². The first-order valence-corrected chi connectivity index (χ1v) is 24.6. The van der Waals surface area contributed by atoms with Crippen LogP contribution < -0.4 is 4.90 Å². The zero-order valence-corrected chi connectivity index (χ0v) is 38.3. The topological polar surface area (TPSA) is 8.17 Å². The average Bonchev–Trinajstić information content (AvgIpc) is 3.92. The van der Waals surface area contributed by atoms with Gasteiger partial charge in [-0.05, 0) is 154 Å². The van der Waals surface area contributed by atoms with E-state index in [9.17, 15) is 0 Å². The molecule has 2 saturated carbocycles. The highest BCUT2D eigenvalue weighted by molar-refractivity contribution is 7.80. The second-order valence-electron chi connectivity index (χ2n) is 19.0. The third-order valence-electron chi connectivity index (χ3n) is 15.1. The van der Waals surface area contributed by atoms with Crippen LogP contribution in [0.3, 0.4) is 0 Å². The number of aromatic nitrogens is 1.